The zero-order valence-corrected chi connectivity index (χ0v) is 12.5. The molecule has 6 nitrogen and oxygen atoms in total. The zero-order chi connectivity index (χ0) is 16.0. The fourth-order valence-corrected chi connectivity index (χ4v) is 2.16. The summed E-state index contributed by atoms with van der Waals surface area (Å²) in [5.41, 5.74) is -0.664. The van der Waals surface area contributed by atoms with Crippen molar-refractivity contribution >= 4 is 17.6 Å². The molecule has 1 rings (SSSR count). The fourth-order valence-electron chi connectivity index (χ4n) is 2.16. The van der Waals surface area contributed by atoms with E-state index in [1.54, 1.807) is 19.9 Å². The molecule has 0 unspecified atom stereocenters. The number of phenols is 1. The van der Waals surface area contributed by atoms with Crippen molar-refractivity contribution < 1.29 is 24.5 Å². The van der Waals surface area contributed by atoms with Crippen molar-refractivity contribution in [1.29, 1.82) is 0 Å². The lowest BCUT2D eigenvalue weighted by Crippen LogP contribution is -2.34. The first-order valence-corrected chi connectivity index (χ1v) is 6.78. The summed E-state index contributed by atoms with van der Waals surface area (Å²) in [6.45, 7) is 3.51. The van der Waals surface area contributed by atoms with Crippen LogP contribution in [0.3, 0.4) is 0 Å². The summed E-state index contributed by atoms with van der Waals surface area (Å²) in [6.07, 6.45) is 0.641. The number of amides is 1. The van der Waals surface area contributed by atoms with Crippen LogP contribution in [-0.4, -0.2) is 29.2 Å². The number of rotatable bonds is 7. The van der Waals surface area contributed by atoms with Crippen molar-refractivity contribution in [2.24, 2.45) is 5.41 Å². The third kappa shape index (κ3) is 3.87. The first-order chi connectivity index (χ1) is 9.88. The predicted octanol–water partition coefficient (Wildman–Crippen LogP) is 2.62. The highest BCUT2D eigenvalue weighted by Gasteiger charge is 2.37. The van der Waals surface area contributed by atoms with Crippen LogP contribution in [0.15, 0.2) is 18.2 Å². The lowest BCUT2D eigenvalue weighted by Gasteiger charge is -2.25. The minimum Gasteiger partial charge on any atom is -0.504 e. The van der Waals surface area contributed by atoms with Crippen molar-refractivity contribution in [3.05, 3.63) is 18.2 Å². The molecule has 0 aliphatic heterocycles. The van der Waals surface area contributed by atoms with Gasteiger partial charge in [0.15, 0.2) is 11.5 Å². The quantitative estimate of drug-likeness (QED) is 0.718. The van der Waals surface area contributed by atoms with Gasteiger partial charge in [-0.2, -0.15) is 0 Å². The number of carbonyl (C=O) groups is 2. The summed E-state index contributed by atoms with van der Waals surface area (Å²) in [5, 5.41) is 21.6. The maximum atomic E-state index is 12.0. The molecular weight excluding hydrogens is 274 g/mol. The molecule has 21 heavy (non-hydrogen) atoms. The monoisotopic (exact) mass is 295 g/mol. The largest absolute Gasteiger partial charge is 0.504 e. The number of benzene rings is 1. The molecule has 0 heterocycles. The standard InChI is InChI=1S/C15H21NO5/c1-4-15(5-2,14(19)20)9-13(18)16-10-6-7-12(21-3)11(17)8-10/h6-8,17H,4-5,9H2,1-3H3,(H,16,18)(H,19,20). The molecule has 0 bridgehead atoms. The third-order valence-corrected chi connectivity index (χ3v) is 3.77. The minimum absolute atomic E-state index is 0.0919. The molecule has 0 fully saturated rings. The minimum atomic E-state index is -1.06. The van der Waals surface area contributed by atoms with E-state index in [2.05, 4.69) is 5.32 Å². The van der Waals surface area contributed by atoms with Crippen LogP contribution in [-0.2, 0) is 9.59 Å². The van der Waals surface area contributed by atoms with Gasteiger partial charge in [0.05, 0.1) is 12.5 Å². The van der Waals surface area contributed by atoms with Crippen molar-refractivity contribution in [1.82, 2.24) is 0 Å². The summed E-state index contributed by atoms with van der Waals surface area (Å²) in [4.78, 5) is 23.4. The number of methoxy groups -OCH3 is 1. The SMILES string of the molecule is CCC(CC)(CC(=O)Nc1ccc(OC)c(O)c1)C(=O)O. The predicted molar refractivity (Wildman–Crippen MR) is 78.6 cm³/mol. The number of hydrogen-bond acceptors (Lipinski definition) is 4. The molecule has 0 spiro atoms. The van der Waals surface area contributed by atoms with Gasteiger partial charge in [0, 0.05) is 18.2 Å². The Kier molecular flexibility index (Phi) is 5.58. The van der Waals surface area contributed by atoms with E-state index in [1.807, 2.05) is 0 Å². The molecule has 1 amide bonds. The highest BCUT2D eigenvalue weighted by atomic mass is 16.5. The number of phenolic OH excluding ortho intramolecular Hbond substituents is 1. The van der Waals surface area contributed by atoms with E-state index in [4.69, 9.17) is 4.74 Å². The van der Waals surface area contributed by atoms with Crippen LogP contribution in [0.25, 0.3) is 0 Å². The van der Waals surface area contributed by atoms with Gasteiger partial charge in [-0.15, -0.1) is 0 Å². The van der Waals surface area contributed by atoms with Crippen molar-refractivity contribution in [2.75, 3.05) is 12.4 Å². The number of aromatic hydroxyl groups is 1. The number of ether oxygens (including phenoxy) is 1. The normalized spacial score (nSPS) is 11.0. The summed E-state index contributed by atoms with van der Waals surface area (Å²) in [6, 6.07) is 4.46. The number of carboxylic acids is 1. The second-order valence-electron chi connectivity index (χ2n) is 4.90. The van der Waals surface area contributed by atoms with Gasteiger partial charge >= 0.3 is 5.97 Å². The maximum absolute atomic E-state index is 12.0. The molecule has 1 aromatic rings. The Hall–Kier alpha value is -2.24. The van der Waals surface area contributed by atoms with E-state index in [1.165, 1.54) is 19.2 Å². The highest BCUT2D eigenvalue weighted by Crippen LogP contribution is 2.32. The van der Waals surface area contributed by atoms with Crippen LogP contribution in [0, 0.1) is 5.41 Å². The molecule has 0 aromatic heterocycles. The Balaban J connectivity index is 2.81. The smallest absolute Gasteiger partial charge is 0.310 e. The second-order valence-corrected chi connectivity index (χ2v) is 4.90. The molecule has 0 aliphatic carbocycles. The van der Waals surface area contributed by atoms with E-state index in [-0.39, 0.29) is 12.2 Å². The Bertz CT molecular complexity index is 523. The van der Waals surface area contributed by atoms with Crippen molar-refractivity contribution in [3.63, 3.8) is 0 Å². The molecular formula is C15H21NO5. The van der Waals surface area contributed by atoms with E-state index < -0.39 is 17.3 Å². The maximum Gasteiger partial charge on any atom is 0.310 e. The zero-order valence-electron chi connectivity index (χ0n) is 12.5. The summed E-state index contributed by atoms with van der Waals surface area (Å²) < 4.78 is 4.91. The van der Waals surface area contributed by atoms with Gasteiger partial charge in [-0.1, -0.05) is 13.8 Å². The van der Waals surface area contributed by atoms with Gasteiger partial charge in [0.2, 0.25) is 5.91 Å². The lowest BCUT2D eigenvalue weighted by molar-refractivity contribution is -0.151. The first kappa shape index (κ1) is 16.8. The number of anilines is 1. The van der Waals surface area contributed by atoms with E-state index in [0.29, 0.717) is 24.3 Å². The Morgan fingerprint density at radius 3 is 2.33 bits per heavy atom. The summed E-state index contributed by atoms with van der Waals surface area (Å²) in [5.74, 6) is -1.16. The third-order valence-electron chi connectivity index (χ3n) is 3.77. The van der Waals surface area contributed by atoms with Crippen LogP contribution < -0.4 is 10.1 Å². The molecule has 3 N–H and O–H groups in total. The molecule has 6 heteroatoms. The van der Waals surface area contributed by atoms with Crippen LogP contribution in [0.1, 0.15) is 33.1 Å². The topological polar surface area (TPSA) is 95.9 Å². The molecule has 0 saturated carbocycles. The van der Waals surface area contributed by atoms with E-state index in [0.717, 1.165) is 0 Å². The molecule has 116 valence electrons. The van der Waals surface area contributed by atoms with Crippen molar-refractivity contribution in [2.45, 2.75) is 33.1 Å². The fraction of sp³-hybridized carbons (Fsp3) is 0.467. The van der Waals surface area contributed by atoms with E-state index in [9.17, 15) is 19.8 Å². The van der Waals surface area contributed by atoms with Gasteiger partial charge in [-0.05, 0) is 25.0 Å². The van der Waals surface area contributed by atoms with Gasteiger partial charge < -0.3 is 20.3 Å². The Morgan fingerprint density at radius 1 is 1.29 bits per heavy atom. The van der Waals surface area contributed by atoms with Crippen LogP contribution in [0.4, 0.5) is 5.69 Å². The average Bonchev–Trinajstić information content (AvgIpc) is 2.44. The molecule has 0 aliphatic rings. The number of carboxylic acid groups (broad SMARTS) is 1. The van der Waals surface area contributed by atoms with Crippen LogP contribution >= 0.6 is 0 Å². The lowest BCUT2D eigenvalue weighted by atomic mass is 9.79. The Labute approximate surface area is 123 Å². The molecule has 1 aromatic carbocycles. The number of carbonyl (C=O) groups excluding carboxylic acids is 1. The van der Waals surface area contributed by atoms with Gasteiger partial charge in [-0.25, -0.2) is 0 Å². The van der Waals surface area contributed by atoms with Crippen LogP contribution in [0.5, 0.6) is 11.5 Å². The molecule has 0 atom stereocenters. The Morgan fingerprint density at radius 2 is 1.90 bits per heavy atom. The second kappa shape index (κ2) is 6.97. The summed E-state index contributed by atoms with van der Waals surface area (Å²) >= 11 is 0. The first-order valence-electron chi connectivity index (χ1n) is 6.78. The van der Waals surface area contributed by atoms with E-state index >= 15 is 0 Å². The average molecular weight is 295 g/mol. The van der Waals surface area contributed by atoms with Gasteiger partial charge in [0.1, 0.15) is 0 Å². The number of aliphatic carboxylic acids is 1. The molecule has 0 saturated heterocycles. The molecule has 0 radical (unpaired) electrons. The van der Waals surface area contributed by atoms with Gasteiger partial charge in [-0.3, -0.25) is 9.59 Å². The summed E-state index contributed by atoms with van der Waals surface area (Å²) in [7, 11) is 1.43. The van der Waals surface area contributed by atoms with Gasteiger partial charge in [0.25, 0.3) is 0 Å². The van der Waals surface area contributed by atoms with Crippen molar-refractivity contribution in [3.8, 4) is 11.5 Å². The highest BCUT2D eigenvalue weighted by molar-refractivity contribution is 5.94. The van der Waals surface area contributed by atoms with Crippen LogP contribution in [0.2, 0.25) is 0 Å². The number of hydrogen-bond donors (Lipinski definition) is 3. The number of nitrogens with one attached hydrogen (secondary N) is 1.